The number of amides is 1. The van der Waals surface area contributed by atoms with Crippen molar-refractivity contribution in [1.82, 2.24) is 14.7 Å². The monoisotopic (exact) mass is 497 g/mol. The number of aromatic nitrogens is 3. The van der Waals surface area contributed by atoms with E-state index >= 15 is 0 Å². The van der Waals surface area contributed by atoms with Crippen molar-refractivity contribution in [2.75, 3.05) is 5.32 Å². The molecule has 2 aromatic heterocycles. The number of hydrogen-bond acceptors (Lipinski definition) is 7. The number of nitriles is 1. The Labute approximate surface area is 214 Å². The second-order valence-electron chi connectivity index (χ2n) is 9.79. The first-order chi connectivity index (χ1) is 18.0. The zero-order valence-corrected chi connectivity index (χ0v) is 20.7. The molecule has 2 aromatic carbocycles. The van der Waals surface area contributed by atoms with Crippen LogP contribution in [-0.2, 0) is 11.3 Å². The maximum Gasteiger partial charge on any atom is 0.411 e. The van der Waals surface area contributed by atoms with Crippen molar-refractivity contribution >= 4 is 22.7 Å². The van der Waals surface area contributed by atoms with Gasteiger partial charge in [-0.3, -0.25) is 5.32 Å². The maximum atomic E-state index is 12.3. The SMILES string of the molecule is Cc1noc(COc2ccc3c(C#N)c(-c4ccc(NC(=O)OC(C)C5CC5)cc4)n(C4CC4)c3c2)n1. The van der Waals surface area contributed by atoms with Crippen LogP contribution in [0, 0.1) is 24.2 Å². The molecule has 0 saturated heterocycles. The number of hydrogen-bond donors (Lipinski definition) is 1. The highest BCUT2D eigenvalue weighted by Gasteiger charge is 2.32. The van der Waals surface area contributed by atoms with Gasteiger partial charge in [-0.25, -0.2) is 4.79 Å². The summed E-state index contributed by atoms with van der Waals surface area (Å²) in [7, 11) is 0. The van der Waals surface area contributed by atoms with Crippen LogP contribution in [0.25, 0.3) is 22.2 Å². The molecule has 4 aromatic rings. The van der Waals surface area contributed by atoms with Crippen molar-refractivity contribution in [3.8, 4) is 23.1 Å². The minimum Gasteiger partial charge on any atom is -0.484 e. The first kappa shape index (κ1) is 23.1. The van der Waals surface area contributed by atoms with E-state index in [0.717, 1.165) is 47.8 Å². The van der Waals surface area contributed by atoms with Crippen molar-refractivity contribution in [2.24, 2.45) is 5.92 Å². The number of carbonyl (C=O) groups excluding carboxylic acids is 1. The molecule has 0 aliphatic heterocycles. The molecule has 2 aliphatic carbocycles. The third-order valence-corrected chi connectivity index (χ3v) is 6.92. The highest BCUT2D eigenvalue weighted by molar-refractivity contribution is 5.96. The minimum absolute atomic E-state index is 0.0725. The normalized spacial score (nSPS) is 15.8. The van der Waals surface area contributed by atoms with Crippen LogP contribution in [-0.4, -0.2) is 26.9 Å². The fourth-order valence-corrected chi connectivity index (χ4v) is 4.72. The zero-order chi connectivity index (χ0) is 25.5. The van der Waals surface area contributed by atoms with Crippen molar-refractivity contribution in [3.63, 3.8) is 0 Å². The molecular weight excluding hydrogens is 470 g/mol. The van der Waals surface area contributed by atoms with E-state index in [0.29, 0.717) is 40.7 Å². The largest absolute Gasteiger partial charge is 0.484 e. The fraction of sp³-hybridized carbons (Fsp3) is 0.357. The number of carbonyl (C=O) groups is 1. The molecule has 0 spiro atoms. The Morgan fingerprint density at radius 1 is 1.22 bits per heavy atom. The quantitative estimate of drug-likeness (QED) is 0.311. The third kappa shape index (κ3) is 4.75. The van der Waals surface area contributed by atoms with E-state index < -0.39 is 6.09 Å². The van der Waals surface area contributed by atoms with Gasteiger partial charge in [0.15, 0.2) is 12.4 Å². The molecule has 1 amide bonds. The summed E-state index contributed by atoms with van der Waals surface area (Å²) in [5.74, 6) is 2.12. The number of rotatable bonds is 8. The lowest BCUT2D eigenvalue weighted by atomic mass is 10.1. The molecule has 9 heteroatoms. The molecule has 2 saturated carbocycles. The molecule has 2 fully saturated rings. The standard InChI is InChI=1S/C28H27N5O4/c1-16(18-3-4-18)36-28(34)31-20-7-5-19(6-8-20)27-24(14-29)23-12-11-22(13-25(23)33(27)21-9-10-21)35-15-26-30-17(2)32-37-26/h5-8,11-13,16,18,21H,3-4,9-10,15H2,1-2H3,(H,31,34). The van der Waals surface area contributed by atoms with Crippen molar-refractivity contribution in [2.45, 2.75) is 58.3 Å². The third-order valence-electron chi connectivity index (χ3n) is 6.92. The van der Waals surface area contributed by atoms with Crippen LogP contribution in [0.5, 0.6) is 5.75 Å². The predicted octanol–water partition coefficient (Wildman–Crippen LogP) is 6.13. The molecule has 1 unspecified atom stereocenters. The van der Waals surface area contributed by atoms with Crippen LogP contribution in [0.3, 0.4) is 0 Å². The van der Waals surface area contributed by atoms with E-state index in [1.807, 2.05) is 49.4 Å². The van der Waals surface area contributed by atoms with E-state index in [1.54, 1.807) is 6.92 Å². The molecular formula is C28H27N5O4. The molecule has 0 bridgehead atoms. The molecule has 0 radical (unpaired) electrons. The number of nitrogens with zero attached hydrogens (tertiary/aromatic N) is 4. The van der Waals surface area contributed by atoms with Gasteiger partial charge in [-0.05, 0) is 75.3 Å². The predicted molar refractivity (Wildman–Crippen MR) is 136 cm³/mol. The van der Waals surface area contributed by atoms with Gasteiger partial charge in [-0.1, -0.05) is 17.3 Å². The lowest BCUT2D eigenvalue weighted by Gasteiger charge is -2.14. The summed E-state index contributed by atoms with van der Waals surface area (Å²) in [6.45, 7) is 3.87. The van der Waals surface area contributed by atoms with Gasteiger partial charge in [0, 0.05) is 23.2 Å². The summed E-state index contributed by atoms with van der Waals surface area (Å²) >= 11 is 0. The van der Waals surface area contributed by atoms with Crippen LogP contribution in [0.4, 0.5) is 10.5 Å². The van der Waals surface area contributed by atoms with E-state index in [9.17, 15) is 10.1 Å². The van der Waals surface area contributed by atoms with Gasteiger partial charge in [0.05, 0.1) is 16.8 Å². The van der Waals surface area contributed by atoms with Gasteiger partial charge in [-0.15, -0.1) is 0 Å². The van der Waals surface area contributed by atoms with Gasteiger partial charge in [0.2, 0.25) is 0 Å². The van der Waals surface area contributed by atoms with Gasteiger partial charge in [0.1, 0.15) is 17.9 Å². The number of fused-ring (bicyclic) bond motifs is 1. The Morgan fingerprint density at radius 3 is 2.65 bits per heavy atom. The van der Waals surface area contributed by atoms with E-state index in [4.69, 9.17) is 14.0 Å². The smallest absolute Gasteiger partial charge is 0.411 e. The average molecular weight is 498 g/mol. The summed E-state index contributed by atoms with van der Waals surface area (Å²) in [5, 5.41) is 17.6. The topological polar surface area (TPSA) is 115 Å². The Hall–Kier alpha value is -4.32. The highest BCUT2D eigenvalue weighted by atomic mass is 16.6. The van der Waals surface area contributed by atoms with E-state index in [2.05, 4.69) is 26.1 Å². The second-order valence-corrected chi connectivity index (χ2v) is 9.79. The molecule has 37 heavy (non-hydrogen) atoms. The number of aryl methyl sites for hydroxylation is 1. The Bertz CT molecular complexity index is 1510. The lowest BCUT2D eigenvalue weighted by Crippen LogP contribution is -2.21. The van der Waals surface area contributed by atoms with Crippen LogP contribution in [0.2, 0.25) is 0 Å². The van der Waals surface area contributed by atoms with Crippen LogP contribution in [0.1, 0.15) is 55.9 Å². The molecule has 188 valence electrons. The van der Waals surface area contributed by atoms with Crippen LogP contribution < -0.4 is 10.1 Å². The molecule has 2 aliphatic rings. The van der Waals surface area contributed by atoms with Gasteiger partial charge in [0.25, 0.3) is 5.89 Å². The first-order valence-corrected chi connectivity index (χ1v) is 12.6. The van der Waals surface area contributed by atoms with Gasteiger partial charge < -0.3 is 18.6 Å². The zero-order valence-electron chi connectivity index (χ0n) is 20.7. The molecule has 9 nitrogen and oxygen atoms in total. The first-order valence-electron chi connectivity index (χ1n) is 12.6. The van der Waals surface area contributed by atoms with E-state index in [-0.39, 0.29) is 12.7 Å². The van der Waals surface area contributed by atoms with E-state index in [1.165, 1.54) is 0 Å². The number of anilines is 1. The maximum absolute atomic E-state index is 12.3. The summed E-state index contributed by atoms with van der Waals surface area (Å²) in [4.78, 5) is 16.4. The number of benzene rings is 2. The van der Waals surface area contributed by atoms with Crippen molar-refractivity contribution in [3.05, 3.63) is 59.7 Å². The Morgan fingerprint density at radius 2 is 2.00 bits per heavy atom. The summed E-state index contributed by atoms with van der Waals surface area (Å²) < 4.78 is 18.8. The van der Waals surface area contributed by atoms with Crippen molar-refractivity contribution < 1.29 is 18.8 Å². The Kier molecular flexibility index (Phi) is 5.80. The number of ether oxygens (including phenoxy) is 2. The Balaban J connectivity index is 1.28. The second kappa shape index (κ2) is 9.28. The summed E-state index contributed by atoms with van der Waals surface area (Å²) in [6, 6.07) is 16.0. The lowest BCUT2D eigenvalue weighted by molar-refractivity contribution is 0.108. The summed E-state index contributed by atoms with van der Waals surface area (Å²) in [6.07, 6.45) is 3.82. The average Bonchev–Trinajstić information content (AvgIpc) is 3.83. The number of nitrogens with one attached hydrogen (secondary N) is 1. The molecule has 6 rings (SSSR count). The highest BCUT2D eigenvalue weighted by Crippen LogP contribution is 2.45. The molecule has 2 heterocycles. The van der Waals surface area contributed by atoms with Crippen LogP contribution >= 0.6 is 0 Å². The molecule has 1 atom stereocenters. The summed E-state index contributed by atoms with van der Waals surface area (Å²) in [5.41, 5.74) is 4.01. The van der Waals surface area contributed by atoms with Crippen LogP contribution in [0.15, 0.2) is 47.0 Å². The molecule has 1 N–H and O–H groups in total. The minimum atomic E-state index is -0.444. The van der Waals surface area contributed by atoms with Crippen molar-refractivity contribution in [1.29, 1.82) is 5.26 Å². The van der Waals surface area contributed by atoms with Gasteiger partial charge in [-0.2, -0.15) is 10.2 Å². The van der Waals surface area contributed by atoms with Gasteiger partial charge >= 0.3 is 6.09 Å². The fourth-order valence-electron chi connectivity index (χ4n) is 4.72.